The van der Waals surface area contributed by atoms with Crippen molar-refractivity contribution in [1.29, 1.82) is 0 Å². The van der Waals surface area contributed by atoms with Gasteiger partial charge in [0.05, 0.1) is 23.3 Å². The van der Waals surface area contributed by atoms with E-state index < -0.39 is 5.97 Å². The van der Waals surface area contributed by atoms with Crippen LogP contribution in [0.25, 0.3) is 6.08 Å². The van der Waals surface area contributed by atoms with Crippen molar-refractivity contribution in [3.8, 4) is 11.5 Å². The Balaban J connectivity index is 1.52. The molecule has 35 heavy (non-hydrogen) atoms. The fraction of sp³-hybridized carbons (Fsp3) is 0.115. The summed E-state index contributed by atoms with van der Waals surface area (Å²) in [7, 11) is 3.20. The first-order chi connectivity index (χ1) is 16.9. The number of carboxylic acid groups (broad SMARTS) is 1. The van der Waals surface area contributed by atoms with Crippen molar-refractivity contribution in [1.82, 2.24) is 4.90 Å². The molecular formula is C26H21ClN2O5S. The van der Waals surface area contributed by atoms with Crippen LogP contribution in [0.5, 0.6) is 11.5 Å². The van der Waals surface area contributed by atoms with E-state index >= 15 is 0 Å². The van der Waals surface area contributed by atoms with E-state index in [9.17, 15) is 9.59 Å². The summed E-state index contributed by atoms with van der Waals surface area (Å²) in [6.07, 6.45) is 1.76. The van der Waals surface area contributed by atoms with Gasteiger partial charge in [-0.15, -0.1) is 0 Å². The average molecular weight is 509 g/mol. The van der Waals surface area contributed by atoms with Gasteiger partial charge in [0.25, 0.3) is 5.91 Å². The molecule has 1 aliphatic rings. The number of rotatable bonds is 7. The van der Waals surface area contributed by atoms with Gasteiger partial charge in [0.1, 0.15) is 6.61 Å². The monoisotopic (exact) mass is 508 g/mol. The zero-order valence-electron chi connectivity index (χ0n) is 18.9. The molecule has 0 aromatic heterocycles. The molecule has 3 aromatic carbocycles. The van der Waals surface area contributed by atoms with Crippen molar-refractivity contribution < 1.29 is 24.2 Å². The van der Waals surface area contributed by atoms with Crippen LogP contribution in [0.4, 0.5) is 5.69 Å². The number of carbonyl (C=O) groups excluding carboxylic acids is 1. The molecule has 1 fully saturated rings. The maximum Gasteiger partial charge on any atom is 0.335 e. The summed E-state index contributed by atoms with van der Waals surface area (Å²) < 4.78 is 11.4. The lowest BCUT2D eigenvalue weighted by Gasteiger charge is -2.12. The van der Waals surface area contributed by atoms with E-state index in [1.165, 1.54) is 28.8 Å². The zero-order valence-corrected chi connectivity index (χ0v) is 20.5. The number of aliphatic imine (C=N–C) groups is 1. The van der Waals surface area contributed by atoms with Gasteiger partial charge >= 0.3 is 5.97 Å². The fourth-order valence-corrected chi connectivity index (χ4v) is 4.43. The number of hydrogen-bond acceptors (Lipinski definition) is 6. The van der Waals surface area contributed by atoms with Gasteiger partial charge in [-0.1, -0.05) is 35.9 Å². The lowest BCUT2D eigenvalue weighted by molar-refractivity contribution is -0.121. The van der Waals surface area contributed by atoms with E-state index in [1.807, 2.05) is 30.3 Å². The van der Waals surface area contributed by atoms with Crippen molar-refractivity contribution in [3.05, 3.63) is 93.3 Å². The van der Waals surface area contributed by atoms with E-state index in [1.54, 1.807) is 44.5 Å². The normalized spacial score (nSPS) is 15.6. The van der Waals surface area contributed by atoms with E-state index in [4.69, 9.17) is 26.2 Å². The van der Waals surface area contributed by atoms with Crippen molar-refractivity contribution in [3.63, 3.8) is 0 Å². The highest BCUT2D eigenvalue weighted by atomic mass is 35.5. The number of halogens is 1. The van der Waals surface area contributed by atoms with Crippen molar-refractivity contribution in [2.75, 3.05) is 14.2 Å². The number of carbonyl (C=O) groups is 2. The van der Waals surface area contributed by atoms with Gasteiger partial charge in [-0.25, -0.2) is 9.79 Å². The summed E-state index contributed by atoms with van der Waals surface area (Å²) in [4.78, 5) is 30.2. The first kappa shape index (κ1) is 24.4. The molecule has 0 radical (unpaired) electrons. The average Bonchev–Trinajstić information content (AvgIpc) is 3.11. The van der Waals surface area contributed by atoms with Gasteiger partial charge in [-0.05, 0) is 65.9 Å². The molecule has 0 saturated carbocycles. The number of methoxy groups -OCH3 is 1. The highest BCUT2D eigenvalue weighted by Gasteiger charge is 2.30. The number of amides is 1. The van der Waals surface area contributed by atoms with Crippen molar-refractivity contribution >= 4 is 52.2 Å². The standard InChI is InChI=1S/C26H21ClN2O5S/c1-29-24(30)23(35-26(29)28-19-10-8-17(9-11-19)25(31)32)14-16-7-12-21(22(13-16)33-2)34-15-18-5-3-4-6-20(18)27/h3-14H,15H2,1-2H3,(H,31,32)/b23-14-,28-26?. The number of thioether (sulfide) groups is 1. The Bertz CT molecular complexity index is 1340. The Morgan fingerprint density at radius 1 is 1.11 bits per heavy atom. The predicted molar refractivity (Wildman–Crippen MR) is 138 cm³/mol. The van der Waals surface area contributed by atoms with Gasteiger partial charge in [-0.3, -0.25) is 9.69 Å². The van der Waals surface area contributed by atoms with Crippen LogP contribution in [0.1, 0.15) is 21.5 Å². The number of benzene rings is 3. The van der Waals surface area contributed by atoms with Crippen LogP contribution in [0, 0.1) is 0 Å². The number of hydrogen-bond donors (Lipinski definition) is 1. The predicted octanol–water partition coefficient (Wildman–Crippen LogP) is 5.86. The Kier molecular flexibility index (Phi) is 7.43. The molecule has 0 aliphatic carbocycles. The van der Waals surface area contributed by atoms with Crippen LogP contribution < -0.4 is 9.47 Å². The van der Waals surface area contributed by atoms with E-state index in [-0.39, 0.29) is 11.5 Å². The molecule has 0 spiro atoms. The molecule has 9 heteroatoms. The molecule has 1 heterocycles. The molecule has 0 bridgehead atoms. The highest BCUT2D eigenvalue weighted by molar-refractivity contribution is 8.18. The van der Waals surface area contributed by atoms with Gasteiger partial charge < -0.3 is 14.6 Å². The van der Waals surface area contributed by atoms with Crippen LogP contribution in [0.15, 0.2) is 76.6 Å². The molecule has 1 saturated heterocycles. The van der Waals surface area contributed by atoms with Gasteiger partial charge in [0.2, 0.25) is 0 Å². The molecule has 1 aliphatic heterocycles. The Morgan fingerprint density at radius 2 is 1.86 bits per heavy atom. The summed E-state index contributed by atoms with van der Waals surface area (Å²) in [5.74, 6) is -0.103. The summed E-state index contributed by atoms with van der Waals surface area (Å²) in [5, 5.41) is 10.2. The fourth-order valence-electron chi connectivity index (χ4n) is 3.26. The van der Waals surface area contributed by atoms with Gasteiger partial charge in [0, 0.05) is 17.6 Å². The number of ether oxygens (including phenoxy) is 2. The molecule has 0 unspecified atom stereocenters. The number of likely N-dealkylation sites (N-methyl/N-ethyl adjacent to an activating group) is 1. The minimum atomic E-state index is -1.01. The molecule has 1 amide bonds. The third-order valence-corrected chi connectivity index (χ3v) is 6.60. The molecule has 3 aromatic rings. The topological polar surface area (TPSA) is 88.4 Å². The summed E-state index contributed by atoms with van der Waals surface area (Å²) in [5.41, 5.74) is 2.36. The zero-order chi connectivity index (χ0) is 24.9. The summed E-state index contributed by atoms with van der Waals surface area (Å²) in [6, 6.07) is 19.0. The Labute approximate surface area is 211 Å². The quantitative estimate of drug-likeness (QED) is 0.402. The van der Waals surface area contributed by atoms with Crippen LogP contribution in [-0.4, -0.2) is 41.2 Å². The van der Waals surface area contributed by atoms with Crippen LogP contribution in [0.2, 0.25) is 5.02 Å². The molecule has 0 atom stereocenters. The minimum Gasteiger partial charge on any atom is -0.493 e. The molecule has 1 N–H and O–H groups in total. The first-order valence-electron chi connectivity index (χ1n) is 10.5. The van der Waals surface area contributed by atoms with Crippen LogP contribution >= 0.6 is 23.4 Å². The molecule has 4 rings (SSSR count). The van der Waals surface area contributed by atoms with Gasteiger partial charge in [0.15, 0.2) is 16.7 Å². The second-order valence-electron chi connectivity index (χ2n) is 7.51. The van der Waals surface area contributed by atoms with Crippen molar-refractivity contribution in [2.24, 2.45) is 4.99 Å². The minimum absolute atomic E-state index is 0.172. The SMILES string of the molecule is COc1cc(/C=C2\SC(=Nc3ccc(C(=O)O)cc3)N(C)C2=O)ccc1OCc1ccccc1Cl. The number of carboxylic acids is 1. The number of aromatic carboxylic acids is 1. The number of nitrogens with zero attached hydrogens (tertiary/aromatic N) is 2. The number of amidine groups is 1. The third-order valence-electron chi connectivity index (χ3n) is 5.17. The van der Waals surface area contributed by atoms with E-state index in [2.05, 4.69) is 4.99 Å². The first-order valence-corrected chi connectivity index (χ1v) is 11.7. The lowest BCUT2D eigenvalue weighted by atomic mass is 10.2. The third kappa shape index (κ3) is 5.67. The lowest BCUT2D eigenvalue weighted by Crippen LogP contribution is -2.23. The van der Waals surface area contributed by atoms with Crippen LogP contribution in [0.3, 0.4) is 0 Å². The summed E-state index contributed by atoms with van der Waals surface area (Å²) in [6.45, 7) is 0.295. The van der Waals surface area contributed by atoms with E-state index in [0.717, 1.165) is 11.1 Å². The molecule has 178 valence electrons. The molecular weight excluding hydrogens is 488 g/mol. The van der Waals surface area contributed by atoms with Gasteiger partial charge in [-0.2, -0.15) is 0 Å². The second-order valence-corrected chi connectivity index (χ2v) is 8.93. The second kappa shape index (κ2) is 10.7. The largest absolute Gasteiger partial charge is 0.493 e. The maximum absolute atomic E-state index is 12.8. The smallest absolute Gasteiger partial charge is 0.335 e. The Hall–Kier alpha value is -3.75. The van der Waals surface area contributed by atoms with Crippen LogP contribution in [-0.2, 0) is 11.4 Å². The van der Waals surface area contributed by atoms with Crippen molar-refractivity contribution in [2.45, 2.75) is 6.61 Å². The molecule has 7 nitrogen and oxygen atoms in total. The van der Waals surface area contributed by atoms with E-state index in [0.29, 0.717) is 38.9 Å². The maximum atomic E-state index is 12.8. The highest BCUT2D eigenvalue weighted by Crippen LogP contribution is 2.35. The Morgan fingerprint density at radius 3 is 2.54 bits per heavy atom. The summed E-state index contributed by atoms with van der Waals surface area (Å²) >= 11 is 7.44.